The molecule has 1 unspecified atom stereocenters. The van der Waals surface area contributed by atoms with E-state index < -0.39 is 0 Å². The molecule has 2 rings (SSSR count). The quantitative estimate of drug-likeness (QED) is 0.679. The smallest absolute Gasteiger partial charge is 0.0112 e. The maximum Gasteiger partial charge on any atom is 0.0112 e. The topological polar surface area (TPSA) is 3.24 Å². The van der Waals surface area contributed by atoms with E-state index in [1.807, 2.05) is 0 Å². The molecule has 1 fully saturated rings. The number of nitrogens with zero attached hydrogens (tertiary/aromatic N) is 1. The van der Waals surface area contributed by atoms with Gasteiger partial charge in [-0.05, 0) is 38.2 Å². The first-order chi connectivity index (χ1) is 8.70. The Hall–Kier alpha value is -0.340. The van der Waals surface area contributed by atoms with Crippen LogP contribution in [0.5, 0.6) is 0 Å². The number of benzene rings is 1. The zero-order valence-corrected chi connectivity index (χ0v) is 13.1. The van der Waals surface area contributed by atoms with Crippen LogP contribution in [0.25, 0.3) is 0 Å². The van der Waals surface area contributed by atoms with Crippen molar-refractivity contribution in [3.63, 3.8) is 0 Å². The van der Waals surface area contributed by atoms with E-state index in [1.54, 1.807) is 0 Å². The second-order valence-corrected chi connectivity index (χ2v) is 6.40. The summed E-state index contributed by atoms with van der Waals surface area (Å²) in [5.41, 5.74) is 1.45. The lowest BCUT2D eigenvalue weighted by molar-refractivity contribution is 0.203. The molecule has 1 saturated carbocycles. The van der Waals surface area contributed by atoms with E-state index >= 15 is 0 Å². The third-order valence-electron chi connectivity index (χ3n) is 3.83. The molecule has 1 aromatic carbocycles. The van der Waals surface area contributed by atoms with Crippen molar-refractivity contribution in [1.82, 2.24) is 4.90 Å². The molecule has 0 bridgehead atoms. The van der Waals surface area contributed by atoms with Gasteiger partial charge in [-0.3, -0.25) is 0 Å². The van der Waals surface area contributed by atoms with Crippen LogP contribution in [0.1, 0.15) is 38.2 Å². The predicted molar refractivity (Wildman–Crippen MR) is 82.4 cm³/mol. The minimum atomic E-state index is 0.604. The van der Waals surface area contributed by atoms with Crippen LogP contribution in [0.15, 0.2) is 30.3 Å². The summed E-state index contributed by atoms with van der Waals surface area (Å²) in [7, 11) is 0. The van der Waals surface area contributed by atoms with Gasteiger partial charge in [0.1, 0.15) is 0 Å². The predicted octanol–water partition coefficient (Wildman–Crippen LogP) is 4.29. The molecule has 1 aromatic rings. The first-order valence-electron chi connectivity index (χ1n) is 7.05. The lowest BCUT2D eigenvalue weighted by atomic mass is 10.00. The first kappa shape index (κ1) is 14.1. The zero-order valence-electron chi connectivity index (χ0n) is 11.5. The molecule has 0 N–H and O–H groups in total. The fourth-order valence-electron chi connectivity index (χ4n) is 2.38. The van der Waals surface area contributed by atoms with Gasteiger partial charge >= 0.3 is 0 Å². The van der Waals surface area contributed by atoms with Gasteiger partial charge in [0.25, 0.3) is 0 Å². The van der Waals surface area contributed by atoms with Gasteiger partial charge in [0.2, 0.25) is 0 Å². The Kier molecular flexibility index (Phi) is 5.25. The number of halogens is 1. The average Bonchev–Trinajstić information content (AvgIpc) is 3.19. The zero-order chi connectivity index (χ0) is 13.0. The largest absolute Gasteiger partial charge is 0.300 e. The molecule has 18 heavy (non-hydrogen) atoms. The molecule has 2 heteroatoms. The lowest BCUT2D eigenvalue weighted by Gasteiger charge is -2.30. The molecular weight excluding hydrogens is 286 g/mol. The number of hydrogen-bond acceptors (Lipinski definition) is 1. The van der Waals surface area contributed by atoms with Crippen LogP contribution in [0.3, 0.4) is 0 Å². The molecule has 0 radical (unpaired) electrons. The Morgan fingerprint density at radius 3 is 2.39 bits per heavy atom. The molecule has 100 valence electrons. The van der Waals surface area contributed by atoms with E-state index in [4.69, 9.17) is 0 Å². The molecule has 0 heterocycles. The van der Waals surface area contributed by atoms with Crippen LogP contribution in [0, 0.1) is 5.92 Å². The van der Waals surface area contributed by atoms with Gasteiger partial charge in [-0.15, -0.1) is 0 Å². The van der Waals surface area contributed by atoms with E-state index in [9.17, 15) is 0 Å². The van der Waals surface area contributed by atoms with Gasteiger partial charge in [0.15, 0.2) is 0 Å². The van der Waals surface area contributed by atoms with Crippen molar-refractivity contribution in [3.8, 4) is 0 Å². The number of rotatable bonds is 7. The fourth-order valence-corrected chi connectivity index (χ4v) is 2.96. The standard InChI is InChI=1S/C16H24BrN/c1-13(2)18(11-14-8-9-14)12-16(10-17)15-6-4-3-5-7-15/h3-7,13-14,16H,8-12H2,1-2H3. The van der Waals surface area contributed by atoms with Crippen LogP contribution in [0.2, 0.25) is 0 Å². The highest BCUT2D eigenvalue weighted by atomic mass is 79.9. The van der Waals surface area contributed by atoms with Crippen molar-refractivity contribution in [2.75, 3.05) is 18.4 Å². The molecular formula is C16H24BrN. The van der Waals surface area contributed by atoms with Gasteiger partial charge in [-0.2, -0.15) is 0 Å². The summed E-state index contributed by atoms with van der Waals surface area (Å²) in [6.45, 7) is 7.09. The number of hydrogen-bond donors (Lipinski definition) is 0. The number of alkyl halides is 1. The van der Waals surface area contributed by atoms with E-state index in [2.05, 4.69) is 65.0 Å². The monoisotopic (exact) mass is 309 g/mol. The third-order valence-corrected chi connectivity index (χ3v) is 4.61. The Bertz CT molecular complexity index is 345. The van der Waals surface area contributed by atoms with Gasteiger partial charge in [-0.1, -0.05) is 46.3 Å². The minimum absolute atomic E-state index is 0.604. The molecule has 0 saturated heterocycles. The van der Waals surface area contributed by atoms with Crippen molar-refractivity contribution >= 4 is 15.9 Å². The highest BCUT2D eigenvalue weighted by molar-refractivity contribution is 9.09. The summed E-state index contributed by atoms with van der Waals surface area (Å²) in [6.07, 6.45) is 2.88. The van der Waals surface area contributed by atoms with E-state index in [-0.39, 0.29) is 0 Å². The second-order valence-electron chi connectivity index (χ2n) is 5.75. The normalized spacial score (nSPS) is 17.4. The van der Waals surface area contributed by atoms with Gasteiger partial charge in [0.05, 0.1) is 0 Å². The molecule has 1 aliphatic rings. The van der Waals surface area contributed by atoms with Crippen LogP contribution >= 0.6 is 15.9 Å². The summed E-state index contributed by atoms with van der Waals surface area (Å²) in [6, 6.07) is 11.5. The molecule has 1 aliphatic carbocycles. The van der Waals surface area contributed by atoms with Crippen LogP contribution in [-0.2, 0) is 0 Å². The summed E-state index contributed by atoms with van der Waals surface area (Å²) in [5, 5.41) is 1.05. The van der Waals surface area contributed by atoms with Crippen LogP contribution in [-0.4, -0.2) is 29.4 Å². The van der Waals surface area contributed by atoms with Crippen molar-refractivity contribution in [2.45, 2.75) is 38.6 Å². The Morgan fingerprint density at radius 2 is 1.89 bits per heavy atom. The maximum atomic E-state index is 3.69. The summed E-state index contributed by atoms with van der Waals surface area (Å²) in [5.74, 6) is 1.58. The lowest BCUT2D eigenvalue weighted by Crippen LogP contribution is -2.36. The third kappa shape index (κ3) is 4.10. The average molecular weight is 310 g/mol. The maximum absolute atomic E-state index is 3.69. The van der Waals surface area contributed by atoms with Crippen LogP contribution in [0.4, 0.5) is 0 Å². The van der Waals surface area contributed by atoms with Crippen molar-refractivity contribution in [3.05, 3.63) is 35.9 Å². The van der Waals surface area contributed by atoms with Crippen molar-refractivity contribution in [1.29, 1.82) is 0 Å². The highest BCUT2D eigenvalue weighted by Gasteiger charge is 2.26. The van der Waals surface area contributed by atoms with Crippen LogP contribution < -0.4 is 0 Å². The van der Waals surface area contributed by atoms with Crippen molar-refractivity contribution < 1.29 is 0 Å². The highest BCUT2D eigenvalue weighted by Crippen LogP contribution is 2.31. The fraction of sp³-hybridized carbons (Fsp3) is 0.625. The molecule has 1 nitrogen and oxygen atoms in total. The Labute approximate surface area is 120 Å². The van der Waals surface area contributed by atoms with Gasteiger partial charge in [-0.25, -0.2) is 0 Å². The molecule has 0 aliphatic heterocycles. The first-order valence-corrected chi connectivity index (χ1v) is 8.17. The summed E-state index contributed by atoms with van der Waals surface area (Å²) < 4.78 is 0. The Morgan fingerprint density at radius 1 is 1.22 bits per heavy atom. The molecule has 0 aromatic heterocycles. The van der Waals surface area contributed by atoms with Gasteiger partial charge in [0, 0.05) is 30.4 Å². The Balaban J connectivity index is 1.98. The van der Waals surface area contributed by atoms with E-state index in [0.717, 1.165) is 11.2 Å². The minimum Gasteiger partial charge on any atom is -0.300 e. The van der Waals surface area contributed by atoms with Crippen molar-refractivity contribution in [2.24, 2.45) is 5.92 Å². The SMILES string of the molecule is CC(C)N(CC1CC1)CC(CBr)c1ccccc1. The van der Waals surface area contributed by atoms with E-state index in [0.29, 0.717) is 12.0 Å². The summed E-state index contributed by atoms with van der Waals surface area (Å²) in [4.78, 5) is 2.65. The van der Waals surface area contributed by atoms with E-state index in [1.165, 1.54) is 31.5 Å². The second kappa shape index (κ2) is 6.72. The molecule has 1 atom stereocenters. The van der Waals surface area contributed by atoms with Gasteiger partial charge < -0.3 is 4.90 Å². The molecule has 0 amide bonds. The summed E-state index contributed by atoms with van der Waals surface area (Å²) >= 11 is 3.69. The molecule has 0 spiro atoms.